The van der Waals surface area contributed by atoms with Crippen molar-refractivity contribution in [2.24, 2.45) is 16.6 Å². The monoisotopic (exact) mass is 421 g/mol. The second kappa shape index (κ2) is 8.44. The Bertz CT molecular complexity index is 702. The third-order valence-corrected chi connectivity index (χ3v) is 5.82. The summed E-state index contributed by atoms with van der Waals surface area (Å²) >= 11 is 0. The van der Waals surface area contributed by atoms with Crippen LogP contribution in [0.15, 0.2) is 23.2 Å². The Balaban J connectivity index is 1.72. The maximum absolute atomic E-state index is 13.0. The van der Waals surface area contributed by atoms with Gasteiger partial charge in [0.2, 0.25) is 0 Å². The van der Waals surface area contributed by atoms with Crippen molar-refractivity contribution >= 4 is 5.96 Å². The van der Waals surface area contributed by atoms with Crippen molar-refractivity contribution < 1.29 is 26.3 Å². The zero-order valence-corrected chi connectivity index (χ0v) is 16.0. The minimum Gasteiger partial charge on any atom is -0.370 e. The van der Waals surface area contributed by atoms with Gasteiger partial charge < -0.3 is 10.6 Å². The van der Waals surface area contributed by atoms with Gasteiger partial charge >= 0.3 is 12.4 Å². The molecule has 1 heterocycles. The van der Waals surface area contributed by atoms with Crippen LogP contribution in [0.5, 0.6) is 0 Å². The highest BCUT2D eigenvalue weighted by Gasteiger charge is 2.37. The molecule has 2 N–H and O–H groups in total. The second-order valence-electron chi connectivity index (χ2n) is 7.95. The van der Waals surface area contributed by atoms with Crippen LogP contribution >= 0.6 is 0 Å². The van der Waals surface area contributed by atoms with Crippen LogP contribution in [-0.4, -0.2) is 30.0 Å². The van der Waals surface area contributed by atoms with E-state index in [4.69, 9.17) is 5.73 Å². The van der Waals surface area contributed by atoms with Gasteiger partial charge in [0.15, 0.2) is 5.96 Å². The molecule has 2 aliphatic rings. The third-order valence-electron chi connectivity index (χ3n) is 5.82. The lowest BCUT2D eigenvalue weighted by Crippen LogP contribution is -2.43. The Morgan fingerprint density at radius 3 is 2.07 bits per heavy atom. The van der Waals surface area contributed by atoms with Crippen LogP contribution in [0.1, 0.15) is 55.2 Å². The highest BCUT2D eigenvalue weighted by molar-refractivity contribution is 5.80. The molecule has 1 aromatic carbocycles. The Morgan fingerprint density at radius 2 is 1.52 bits per heavy atom. The number of nitrogens with two attached hydrogens (primary N) is 1. The molecule has 0 amide bonds. The number of nitrogens with zero attached hydrogens (tertiary/aromatic N) is 2. The predicted molar refractivity (Wildman–Crippen MR) is 98.3 cm³/mol. The van der Waals surface area contributed by atoms with E-state index in [0.29, 0.717) is 18.4 Å². The van der Waals surface area contributed by atoms with E-state index in [9.17, 15) is 26.3 Å². The van der Waals surface area contributed by atoms with Crippen LogP contribution < -0.4 is 5.73 Å². The summed E-state index contributed by atoms with van der Waals surface area (Å²) < 4.78 is 78.3. The van der Waals surface area contributed by atoms with Gasteiger partial charge in [-0.2, -0.15) is 26.3 Å². The fraction of sp³-hybridized carbons (Fsp3) is 0.650. The van der Waals surface area contributed by atoms with Crippen molar-refractivity contribution in [3.63, 3.8) is 0 Å². The van der Waals surface area contributed by atoms with E-state index in [1.807, 2.05) is 4.90 Å². The largest absolute Gasteiger partial charge is 0.416 e. The zero-order valence-electron chi connectivity index (χ0n) is 16.0. The van der Waals surface area contributed by atoms with E-state index in [1.54, 1.807) is 0 Å². The predicted octanol–water partition coefficient (Wildman–Crippen LogP) is 5.24. The third kappa shape index (κ3) is 5.57. The maximum atomic E-state index is 13.0. The minimum absolute atomic E-state index is 0.0109. The smallest absolute Gasteiger partial charge is 0.370 e. The van der Waals surface area contributed by atoms with Gasteiger partial charge in [-0.3, -0.25) is 4.99 Å². The van der Waals surface area contributed by atoms with Gasteiger partial charge in [-0.05, 0) is 42.5 Å². The first kappa shape index (κ1) is 21.8. The van der Waals surface area contributed by atoms with Crippen molar-refractivity contribution in [1.29, 1.82) is 0 Å². The molecule has 29 heavy (non-hydrogen) atoms. The zero-order chi connectivity index (χ0) is 21.2. The molecule has 1 saturated carbocycles. The highest BCUT2D eigenvalue weighted by Crippen LogP contribution is 2.36. The Hall–Kier alpha value is -1.93. The number of guanidine groups is 1. The maximum Gasteiger partial charge on any atom is 0.416 e. The molecule has 0 aromatic heterocycles. The summed E-state index contributed by atoms with van der Waals surface area (Å²) in [6.45, 7) is 0.768. The van der Waals surface area contributed by atoms with Crippen molar-refractivity contribution in [2.75, 3.05) is 13.1 Å². The van der Waals surface area contributed by atoms with E-state index < -0.39 is 23.5 Å². The lowest BCUT2D eigenvalue weighted by Gasteiger charge is -2.31. The molecular weight excluding hydrogens is 396 g/mol. The number of rotatable bonds is 5. The molecule has 0 spiro atoms. The van der Waals surface area contributed by atoms with Crippen molar-refractivity contribution in [1.82, 2.24) is 4.90 Å². The van der Waals surface area contributed by atoms with Gasteiger partial charge in [0.1, 0.15) is 0 Å². The minimum atomic E-state index is -4.84. The molecule has 1 aromatic rings. The van der Waals surface area contributed by atoms with E-state index >= 15 is 0 Å². The molecule has 9 heteroatoms. The van der Waals surface area contributed by atoms with Crippen molar-refractivity contribution in [3.8, 4) is 0 Å². The molecule has 0 unspecified atom stereocenters. The number of halogens is 6. The molecule has 3 nitrogen and oxygen atoms in total. The molecule has 0 bridgehead atoms. The topological polar surface area (TPSA) is 41.6 Å². The van der Waals surface area contributed by atoms with Crippen LogP contribution in [-0.2, 0) is 18.8 Å². The van der Waals surface area contributed by atoms with Crippen LogP contribution in [0.3, 0.4) is 0 Å². The summed E-state index contributed by atoms with van der Waals surface area (Å²) in [5.41, 5.74) is 3.37. The fourth-order valence-corrected chi connectivity index (χ4v) is 4.30. The number of benzene rings is 1. The summed E-state index contributed by atoms with van der Waals surface area (Å²) in [7, 11) is 0. The molecule has 1 aliphatic heterocycles. The molecule has 1 fully saturated rings. The summed E-state index contributed by atoms with van der Waals surface area (Å²) in [5.74, 6) is 0.886. The SMILES string of the molecule is NC1=NC[C@H](CC2CCCCC2)N1CCc1cc(C(F)(F)F)cc(C(F)(F)F)c1. The molecule has 1 atom stereocenters. The summed E-state index contributed by atoms with van der Waals surface area (Å²) in [5, 5.41) is 0. The first-order valence-electron chi connectivity index (χ1n) is 9.89. The van der Waals surface area contributed by atoms with Gasteiger partial charge in [0.25, 0.3) is 0 Å². The summed E-state index contributed by atoms with van der Waals surface area (Å²) in [6, 6.07) is 1.79. The van der Waals surface area contributed by atoms with Gasteiger partial charge in [-0.1, -0.05) is 32.1 Å². The van der Waals surface area contributed by atoms with Crippen molar-refractivity contribution in [3.05, 3.63) is 34.9 Å². The van der Waals surface area contributed by atoms with Gasteiger partial charge in [0.05, 0.1) is 23.7 Å². The molecule has 162 valence electrons. The number of hydrogen-bond donors (Lipinski definition) is 1. The van der Waals surface area contributed by atoms with Crippen molar-refractivity contribution in [2.45, 2.75) is 63.3 Å². The Morgan fingerprint density at radius 1 is 0.931 bits per heavy atom. The van der Waals surface area contributed by atoms with Gasteiger partial charge in [-0.25, -0.2) is 0 Å². The van der Waals surface area contributed by atoms with E-state index in [-0.39, 0.29) is 30.6 Å². The molecule has 0 saturated heterocycles. The average Bonchev–Trinajstić information content (AvgIpc) is 2.98. The Kier molecular flexibility index (Phi) is 6.33. The van der Waals surface area contributed by atoms with Gasteiger partial charge in [0, 0.05) is 6.54 Å². The summed E-state index contributed by atoms with van der Waals surface area (Å²) in [6.07, 6.45) is -2.83. The molecule has 1 aliphatic carbocycles. The molecule has 0 radical (unpaired) electrons. The fourth-order valence-electron chi connectivity index (χ4n) is 4.30. The standard InChI is InChI=1S/C20H25F6N3/c21-19(22,23)15-8-14(9-16(11-15)20(24,25)26)6-7-29-17(12-28-18(29)27)10-13-4-2-1-3-5-13/h8-9,11,13,17H,1-7,10,12H2,(H2,27,28)/t17-/m0/s1. The number of aliphatic imine (C=N–C) groups is 1. The molecule has 3 rings (SSSR count). The lowest BCUT2D eigenvalue weighted by molar-refractivity contribution is -0.143. The second-order valence-corrected chi connectivity index (χ2v) is 7.95. The van der Waals surface area contributed by atoms with Crippen LogP contribution in [0.4, 0.5) is 26.3 Å². The first-order valence-corrected chi connectivity index (χ1v) is 9.89. The quantitative estimate of drug-likeness (QED) is 0.661. The van der Waals surface area contributed by atoms with E-state index in [0.717, 1.165) is 31.4 Å². The van der Waals surface area contributed by atoms with E-state index in [2.05, 4.69) is 4.99 Å². The Labute approximate surface area is 166 Å². The first-order chi connectivity index (χ1) is 13.5. The van der Waals surface area contributed by atoms with Gasteiger partial charge in [-0.15, -0.1) is 0 Å². The number of hydrogen-bond acceptors (Lipinski definition) is 3. The van der Waals surface area contributed by atoms with Crippen LogP contribution in [0.2, 0.25) is 0 Å². The molecular formula is C20H25F6N3. The lowest BCUT2D eigenvalue weighted by atomic mass is 9.84. The van der Waals surface area contributed by atoms with Crippen LogP contribution in [0, 0.1) is 5.92 Å². The van der Waals surface area contributed by atoms with E-state index in [1.165, 1.54) is 19.3 Å². The normalized spacial score (nSPS) is 21.5. The number of alkyl halides is 6. The van der Waals surface area contributed by atoms with Crippen LogP contribution in [0.25, 0.3) is 0 Å². The average molecular weight is 421 g/mol. The highest BCUT2D eigenvalue weighted by atomic mass is 19.4. The summed E-state index contributed by atoms with van der Waals surface area (Å²) in [4.78, 5) is 6.09.